The first-order valence-corrected chi connectivity index (χ1v) is 14.0. The van der Waals surface area contributed by atoms with Crippen LogP contribution in [0, 0.1) is 10.1 Å². The summed E-state index contributed by atoms with van der Waals surface area (Å²) in [6, 6.07) is 13.0. The van der Waals surface area contributed by atoms with E-state index in [-0.39, 0.29) is 37.1 Å². The fourth-order valence-corrected chi connectivity index (χ4v) is 4.66. The van der Waals surface area contributed by atoms with Crippen LogP contribution in [0.2, 0.25) is 0 Å². The van der Waals surface area contributed by atoms with Crippen molar-refractivity contribution >= 4 is 34.7 Å². The molecule has 1 fully saturated rings. The third-order valence-corrected chi connectivity index (χ3v) is 6.91. The maximum atomic E-state index is 11.9. The number of rotatable bonds is 8. The Morgan fingerprint density at radius 2 is 1.82 bits per heavy atom. The molecule has 0 saturated carbocycles. The minimum absolute atomic E-state index is 0.0584. The number of oxazole rings is 1. The number of allylic oxidation sites excluding steroid dienone is 2. The molecule has 2 aromatic carbocycles. The molecule has 0 radical (unpaired) electrons. The topological polar surface area (TPSA) is 159 Å². The molecule has 2 aromatic heterocycles. The Kier molecular flexibility index (Phi) is 9.54. The SMILES string of the molecule is O=C(C=CC=Cc1ccc2c(c1)OCO2)N1CCCCC1.O=C(Cn1c(=O)oc2cc([N+](=O)[O-])ccc21)NCc1ccco1. The van der Waals surface area contributed by atoms with E-state index in [1.54, 1.807) is 24.3 Å². The first-order chi connectivity index (χ1) is 21.4. The molecule has 4 aromatic rings. The van der Waals surface area contributed by atoms with E-state index in [0.29, 0.717) is 11.3 Å². The van der Waals surface area contributed by atoms with Crippen LogP contribution < -0.4 is 20.5 Å². The second-order valence-electron chi connectivity index (χ2n) is 9.94. The maximum Gasteiger partial charge on any atom is 0.420 e. The van der Waals surface area contributed by atoms with Gasteiger partial charge < -0.3 is 28.5 Å². The number of nitro benzene ring substituents is 1. The Morgan fingerprint density at radius 1 is 1.00 bits per heavy atom. The Morgan fingerprint density at radius 3 is 2.59 bits per heavy atom. The summed E-state index contributed by atoms with van der Waals surface area (Å²) in [7, 11) is 0. The van der Waals surface area contributed by atoms with Crippen molar-refractivity contribution in [3.63, 3.8) is 0 Å². The van der Waals surface area contributed by atoms with Gasteiger partial charge >= 0.3 is 5.76 Å². The van der Waals surface area contributed by atoms with E-state index >= 15 is 0 Å². The molecule has 2 aliphatic rings. The lowest BCUT2D eigenvalue weighted by molar-refractivity contribution is -0.384. The zero-order valence-electron chi connectivity index (χ0n) is 23.7. The van der Waals surface area contributed by atoms with Gasteiger partial charge in [0.2, 0.25) is 18.6 Å². The van der Waals surface area contributed by atoms with Crippen molar-refractivity contribution in [2.24, 2.45) is 0 Å². The van der Waals surface area contributed by atoms with Gasteiger partial charge in [-0.3, -0.25) is 24.3 Å². The molecule has 0 aliphatic carbocycles. The molecule has 1 N–H and O–H groups in total. The van der Waals surface area contributed by atoms with Crippen LogP contribution in [-0.2, 0) is 22.7 Å². The van der Waals surface area contributed by atoms with Crippen molar-refractivity contribution in [1.82, 2.24) is 14.8 Å². The lowest BCUT2D eigenvalue weighted by atomic mass is 10.1. The molecule has 0 unspecified atom stereocenters. The zero-order valence-corrected chi connectivity index (χ0v) is 23.7. The molecular weight excluding hydrogens is 572 g/mol. The number of piperidine rings is 1. The minimum Gasteiger partial charge on any atom is -0.467 e. The van der Waals surface area contributed by atoms with Gasteiger partial charge in [0.1, 0.15) is 12.3 Å². The van der Waals surface area contributed by atoms with Crippen LogP contribution in [0.15, 0.2) is 86.7 Å². The number of likely N-dealkylation sites (tertiary alicyclic amines) is 1. The molecule has 228 valence electrons. The maximum absolute atomic E-state index is 11.9. The average molecular weight is 603 g/mol. The van der Waals surface area contributed by atoms with Gasteiger partial charge in [0.25, 0.3) is 5.69 Å². The first-order valence-electron chi connectivity index (χ1n) is 14.0. The molecule has 1 saturated heterocycles. The highest BCUT2D eigenvalue weighted by atomic mass is 16.7. The summed E-state index contributed by atoms with van der Waals surface area (Å²) in [6.07, 6.45) is 12.2. The number of nitrogens with one attached hydrogen (secondary N) is 1. The Balaban J connectivity index is 0.000000175. The van der Waals surface area contributed by atoms with Crippen molar-refractivity contribution < 1.29 is 32.8 Å². The smallest absolute Gasteiger partial charge is 0.420 e. The van der Waals surface area contributed by atoms with Gasteiger partial charge in [0, 0.05) is 25.2 Å². The zero-order chi connectivity index (χ0) is 30.9. The largest absolute Gasteiger partial charge is 0.467 e. The van der Waals surface area contributed by atoms with Gasteiger partial charge in [0.15, 0.2) is 17.1 Å². The highest BCUT2D eigenvalue weighted by Crippen LogP contribution is 2.32. The number of benzene rings is 2. The molecule has 13 nitrogen and oxygen atoms in total. The molecule has 13 heteroatoms. The second kappa shape index (κ2) is 14.1. The molecular formula is C31H30N4O9. The lowest BCUT2D eigenvalue weighted by Gasteiger charge is -2.25. The standard InChI is InChI=1S/C17H19NO3.C14H11N3O6/c19-17(18-10-4-1-5-11-18)7-3-2-6-14-8-9-15-16(12-14)21-13-20-15;18-13(15-7-10-2-1-5-22-10)8-16-11-4-3-9(17(20)21)6-12(11)23-14(16)19/h2-3,6-9,12H,1,4-5,10-11,13H2;1-6H,7-8H2,(H,15,18). The molecule has 2 amide bonds. The predicted molar refractivity (Wildman–Crippen MR) is 159 cm³/mol. The summed E-state index contributed by atoms with van der Waals surface area (Å²) in [5, 5.41) is 13.3. The fourth-order valence-electron chi connectivity index (χ4n) is 4.66. The number of hydrogen-bond donors (Lipinski definition) is 1. The third kappa shape index (κ3) is 7.62. The van der Waals surface area contributed by atoms with E-state index in [1.165, 1.54) is 24.8 Å². The van der Waals surface area contributed by atoms with Crippen molar-refractivity contribution in [3.8, 4) is 11.5 Å². The molecule has 44 heavy (non-hydrogen) atoms. The van der Waals surface area contributed by atoms with E-state index in [9.17, 15) is 24.5 Å². The van der Waals surface area contributed by atoms with E-state index in [2.05, 4.69) is 5.32 Å². The van der Waals surface area contributed by atoms with E-state index in [0.717, 1.165) is 53.6 Å². The number of nitro groups is 1. The number of nitrogens with zero attached hydrogens (tertiary/aromatic N) is 3. The van der Waals surface area contributed by atoms with Crippen LogP contribution in [-0.4, -0.2) is 46.1 Å². The molecule has 0 spiro atoms. The summed E-state index contributed by atoms with van der Waals surface area (Å²) < 4.78 is 21.7. The van der Waals surface area contributed by atoms with Gasteiger partial charge in [-0.05, 0) is 55.2 Å². The van der Waals surface area contributed by atoms with Gasteiger partial charge in [-0.25, -0.2) is 4.79 Å². The van der Waals surface area contributed by atoms with E-state index in [4.69, 9.17) is 18.3 Å². The first kappa shape index (κ1) is 29.9. The normalized spacial score (nSPS) is 14.1. The van der Waals surface area contributed by atoms with E-state index < -0.39 is 16.6 Å². The van der Waals surface area contributed by atoms with Crippen LogP contribution >= 0.6 is 0 Å². The number of carbonyl (C=O) groups is 2. The van der Waals surface area contributed by atoms with Crippen molar-refractivity contribution in [2.45, 2.75) is 32.4 Å². The number of fused-ring (bicyclic) bond motifs is 2. The van der Waals surface area contributed by atoms with Crippen molar-refractivity contribution in [1.29, 1.82) is 0 Å². The Hall–Kier alpha value is -5.59. The van der Waals surface area contributed by atoms with Gasteiger partial charge in [-0.15, -0.1) is 0 Å². The second-order valence-corrected chi connectivity index (χ2v) is 9.94. The monoisotopic (exact) mass is 602 g/mol. The Labute approximate surface area is 251 Å². The summed E-state index contributed by atoms with van der Waals surface area (Å²) in [5.74, 6) is 1.06. The summed E-state index contributed by atoms with van der Waals surface area (Å²) in [6.45, 7) is 1.99. The summed E-state index contributed by atoms with van der Waals surface area (Å²) >= 11 is 0. The number of non-ortho nitro benzene ring substituents is 1. The van der Waals surface area contributed by atoms with Crippen LogP contribution in [0.5, 0.6) is 11.5 Å². The summed E-state index contributed by atoms with van der Waals surface area (Å²) in [4.78, 5) is 47.7. The van der Waals surface area contributed by atoms with Crippen LogP contribution in [0.25, 0.3) is 17.2 Å². The lowest BCUT2D eigenvalue weighted by Crippen LogP contribution is -2.34. The number of furan rings is 1. The fraction of sp³-hybridized carbons (Fsp3) is 0.258. The quantitative estimate of drug-likeness (QED) is 0.133. The van der Waals surface area contributed by atoms with Crippen LogP contribution in [0.1, 0.15) is 30.6 Å². The molecule has 6 rings (SSSR count). The van der Waals surface area contributed by atoms with E-state index in [1.807, 2.05) is 35.3 Å². The number of aromatic nitrogens is 1. The average Bonchev–Trinajstić information content (AvgIpc) is 3.79. The third-order valence-electron chi connectivity index (χ3n) is 6.91. The Bertz CT molecular complexity index is 1750. The highest BCUT2D eigenvalue weighted by molar-refractivity contribution is 5.88. The number of ether oxygens (including phenoxy) is 2. The summed E-state index contributed by atoms with van der Waals surface area (Å²) in [5.41, 5.74) is 1.20. The highest BCUT2D eigenvalue weighted by Gasteiger charge is 2.17. The minimum atomic E-state index is -0.756. The predicted octanol–water partition coefficient (Wildman–Crippen LogP) is 4.41. The van der Waals surface area contributed by atoms with Crippen LogP contribution in [0.3, 0.4) is 0 Å². The molecule has 4 heterocycles. The van der Waals surface area contributed by atoms with Crippen LogP contribution in [0.4, 0.5) is 5.69 Å². The van der Waals surface area contributed by atoms with Crippen molar-refractivity contribution in [3.05, 3.63) is 105 Å². The van der Waals surface area contributed by atoms with Gasteiger partial charge in [-0.1, -0.05) is 24.3 Å². The van der Waals surface area contributed by atoms with Gasteiger partial charge in [0.05, 0.1) is 29.3 Å². The molecule has 2 aliphatic heterocycles. The number of hydrogen-bond acceptors (Lipinski definition) is 9. The van der Waals surface area contributed by atoms with Crippen molar-refractivity contribution in [2.75, 3.05) is 19.9 Å². The number of carbonyl (C=O) groups excluding carboxylic acids is 2. The molecule has 0 bridgehead atoms. The molecule has 0 atom stereocenters. The van der Waals surface area contributed by atoms with Gasteiger partial charge in [-0.2, -0.15) is 0 Å². The number of amides is 2.